The van der Waals surface area contributed by atoms with Gasteiger partial charge in [-0.05, 0) is 29.7 Å². The standard InChI is InChI=1S/C11H15NOS/c1-4-9-5-8(7-12-2)6-10(13-3)11(9)14/h5-7,14H,4H2,1-3H3. The molecule has 0 saturated heterocycles. The molecule has 1 aromatic carbocycles. The fourth-order valence-corrected chi connectivity index (χ4v) is 1.72. The molecular formula is C11H15NOS. The van der Waals surface area contributed by atoms with E-state index in [1.165, 1.54) is 5.56 Å². The van der Waals surface area contributed by atoms with Gasteiger partial charge in [0.15, 0.2) is 0 Å². The Morgan fingerprint density at radius 3 is 2.71 bits per heavy atom. The zero-order valence-corrected chi connectivity index (χ0v) is 9.64. The summed E-state index contributed by atoms with van der Waals surface area (Å²) in [6.07, 6.45) is 2.76. The van der Waals surface area contributed by atoms with Crippen molar-refractivity contribution in [3.05, 3.63) is 23.3 Å². The van der Waals surface area contributed by atoms with Crippen molar-refractivity contribution < 1.29 is 4.74 Å². The van der Waals surface area contributed by atoms with Crippen LogP contribution in [0.1, 0.15) is 18.1 Å². The van der Waals surface area contributed by atoms with Crippen LogP contribution in [0.3, 0.4) is 0 Å². The van der Waals surface area contributed by atoms with Gasteiger partial charge >= 0.3 is 0 Å². The smallest absolute Gasteiger partial charge is 0.133 e. The lowest BCUT2D eigenvalue weighted by Gasteiger charge is -2.09. The van der Waals surface area contributed by atoms with Crippen molar-refractivity contribution in [3.8, 4) is 5.75 Å². The van der Waals surface area contributed by atoms with Crippen molar-refractivity contribution in [2.75, 3.05) is 14.2 Å². The van der Waals surface area contributed by atoms with Crippen LogP contribution in [0.25, 0.3) is 0 Å². The number of thiol groups is 1. The second-order valence-corrected chi connectivity index (χ2v) is 3.42. The van der Waals surface area contributed by atoms with Gasteiger partial charge in [-0.1, -0.05) is 6.92 Å². The highest BCUT2D eigenvalue weighted by atomic mass is 32.1. The molecule has 3 heteroatoms. The molecule has 14 heavy (non-hydrogen) atoms. The molecule has 0 atom stereocenters. The van der Waals surface area contributed by atoms with Gasteiger partial charge in [0.05, 0.1) is 7.11 Å². The van der Waals surface area contributed by atoms with E-state index >= 15 is 0 Å². The first kappa shape index (κ1) is 11.1. The summed E-state index contributed by atoms with van der Waals surface area (Å²) in [6, 6.07) is 4.02. The number of hydrogen-bond acceptors (Lipinski definition) is 3. The van der Waals surface area contributed by atoms with E-state index in [0.29, 0.717) is 0 Å². The molecule has 0 heterocycles. The van der Waals surface area contributed by atoms with E-state index < -0.39 is 0 Å². The third kappa shape index (κ3) is 2.29. The topological polar surface area (TPSA) is 21.6 Å². The maximum absolute atomic E-state index is 5.24. The summed E-state index contributed by atoms with van der Waals surface area (Å²) in [5.74, 6) is 0.808. The maximum atomic E-state index is 5.24. The van der Waals surface area contributed by atoms with E-state index in [-0.39, 0.29) is 0 Å². The Hall–Kier alpha value is -0.960. The molecule has 0 aliphatic rings. The summed E-state index contributed by atoms with van der Waals surface area (Å²) >= 11 is 4.42. The summed E-state index contributed by atoms with van der Waals surface area (Å²) in [5, 5.41) is 0. The van der Waals surface area contributed by atoms with Gasteiger partial charge in [-0.2, -0.15) is 0 Å². The number of methoxy groups -OCH3 is 1. The van der Waals surface area contributed by atoms with Crippen molar-refractivity contribution >= 4 is 18.8 Å². The average molecular weight is 209 g/mol. The average Bonchev–Trinajstić information content (AvgIpc) is 2.20. The summed E-state index contributed by atoms with van der Waals surface area (Å²) in [5.41, 5.74) is 2.24. The van der Waals surface area contributed by atoms with Crippen LogP contribution in [0.4, 0.5) is 0 Å². The molecule has 0 spiro atoms. The molecule has 0 fully saturated rings. The van der Waals surface area contributed by atoms with E-state index in [0.717, 1.165) is 22.6 Å². The minimum absolute atomic E-state index is 0.808. The van der Waals surface area contributed by atoms with Gasteiger partial charge < -0.3 is 4.74 Å². The zero-order chi connectivity index (χ0) is 10.6. The van der Waals surface area contributed by atoms with Crippen LogP contribution >= 0.6 is 12.6 Å². The van der Waals surface area contributed by atoms with Crippen LogP contribution in [0.15, 0.2) is 22.0 Å². The first-order chi connectivity index (χ1) is 6.72. The molecule has 0 aromatic heterocycles. The van der Waals surface area contributed by atoms with Gasteiger partial charge in [0.1, 0.15) is 5.75 Å². The quantitative estimate of drug-likeness (QED) is 0.599. The van der Waals surface area contributed by atoms with Crippen LogP contribution in [0.5, 0.6) is 5.75 Å². The van der Waals surface area contributed by atoms with Crippen LogP contribution in [-0.2, 0) is 6.42 Å². The molecular weight excluding hydrogens is 194 g/mol. The van der Waals surface area contributed by atoms with Gasteiger partial charge in [0, 0.05) is 18.2 Å². The molecule has 1 aromatic rings. The Kier molecular flexibility index (Phi) is 4.01. The van der Waals surface area contributed by atoms with E-state index in [1.807, 2.05) is 12.3 Å². The first-order valence-corrected chi connectivity index (χ1v) is 4.99. The molecule has 0 aliphatic heterocycles. The minimum Gasteiger partial charge on any atom is -0.496 e. The number of rotatable bonds is 3. The van der Waals surface area contributed by atoms with E-state index in [9.17, 15) is 0 Å². The van der Waals surface area contributed by atoms with Crippen LogP contribution in [0.2, 0.25) is 0 Å². The summed E-state index contributed by atoms with van der Waals surface area (Å²) < 4.78 is 5.24. The van der Waals surface area contributed by atoms with Gasteiger partial charge in [0.25, 0.3) is 0 Å². The predicted octanol–water partition coefficient (Wildman–Crippen LogP) is 2.60. The largest absolute Gasteiger partial charge is 0.496 e. The molecule has 0 N–H and O–H groups in total. The number of benzene rings is 1. The number of hydrogen-bond donors (Lipinski definition) is 1. The first-order valence-electron chi connectivity index (χ1n) is 4.55. The maximum Gasteiger partial charge on any atom is 0.133 e. The van der Waals surface area contributed by atoms with E-state index in [4.69, 9.17) is 4.74 Å². The molecule has 0 saturated carbocycles. The molecule has 2 nitrogen and oxygen atoms in total. The van der Waals surface area contributed by atoms with Gasteiger partial charge in [-0.3, -0.25) is 4.99 Å². The fourth-order valence-electron chi connectivity index (χ4n) is 1.34. The molecule has 76 valence electrons. The van der Waals surface area contributed by atoms with Crippen LogP contribution in [-0.4, -0.2) is 20.4 Å². The molecule has 0 aliphatic carbocycles. The number of aliphatic imine (C=N–C) groups is 1. The van der Waals surface area contributed by atoms with Crippen molar-refractivity contribution in [2.24, 2.45) is 4.99 Å². The number of ether oxygens (including phenoxy) is 1. The Morgan fingerprint density at radius 1 is 1.50 bits per heavy atom. The minimum atomic E-state index is 0.808. The number of aryl methyl sites for hydroxylation is 1. The highest BCUT2D eigenvalue weighted by molar-refractivity contribution is 7.80. The monoisotopic (exact) mass is 209 g/mol. The fraction of sp³-hybridized carbons (Fsp3) is 0.364. The molecule has 0 bridgehead atoms. The third-order valence-electron chi connectivity index (χ3n) is 2.06. The highest BCUT2D eigenvalue weighted by Gasteiger charge is 2.05. The van der Waals surface area contributed by atoms with Crippen LogP contribution in [0, 0.1) is 0 Å². The predicted molar refractivity (Wildman–Crippen MR) is 63.1 cm³/mol. The lowest BCUT2D eigenvalue weighted by Crippen LogP contribution is -1.93. The Morgan fingerprint density at radius 2 is 2.21 bits per heavy atom. The molecule has 0 unspecified atom stereocenters. The third-order valence-corrected chi connectivity index (χ3v) is 2.56. The second kappa shape index (κ2) is 5.05. The summed E-state index contributed by atoms with van der Waals surface area (Å²) in [6.45, 7) is 2.10. The Labute approximate surface area is 90.4 Å². The summed E-state index contributed by atoms with van der Waals surface area (Å²) in [7, 11) is 3.41. The van der Waals surface area contributed by atoms with Gasteiger partial charge in [-0.25, -0.2) is 0 Å². The SMILES string of the molecule is CCc1cc(C=NC)cc(OC)c1S. The van der Waals surface area contributed by atoms with E-state index in [2.05, 4.69) is 30.6 Å². The Balaban J connectivity index is 3.24. The highest BCUT2D eigenvalue weighted by Crippen LogP contribution is 2.27. The molecule has 1 rings (SSSR count). The molecule has 0 radical (unpaired) electrons. The van der Waals surface area contributed by atoms with Gasteiger partial charge in [0.2, 0.25) is 0 Å². The van der Waals surface area contributed by atoms with Crippen molar-refractivity contribution in [3.63, 3.8) is 0 Å². The second-order valence-electron chi connectivity index (χ2n) is 2.97. The van der Waals surface area contributed by atoms with E-state index in [1.54, 1.807) is 14.2 Å². The normalized spacial score (nSPS) is 10.9. The zero-order valence-electron chi connectivity index (χ0n) is 8.74. The lowest BCUT2D eigenvalue weighted by molar-refractivity contribution is 0.404. The molecule has 0 amide bonds. The van der Waals surface area contributed by atoms with Crippen LogP contribution < -0.4 is 4.74 Å². The Bertz CT molecular complexity index is 322. The number of nitrogens with zero attached hydrogens (tertiary/aromatic N) is 1. The van der Waals surface area contributed by atoms with Gasteiger partial charge in [-0.15, -0.1) is 12.6 Å². The van der Waals surface area contributed by atoms with Crippen molar-refractivity contribution in [1.29, 1.82) is 0 Å². The summed E-state index contributed by atoms with van der Waals surface area (Å²) in [4.78, 5) is 4.90. The van der Waals surface area contributed by atoms with Crippen molar-refractivity contribution in [2.45, 2.75) is 18.2 Å². The lowest BCUT2D eigenvalue weighted by atomic mass is 10.1. The van der Waals surface area contributed by atoms with Crippen molar-refractivity contribution in [1.82, 2.24) is 0 Å².